The van der Waals surface area contributed by atoms with Gasteiger partial charge >= 0.3 is 0 Å². The molecule has 1 fully saturated rings. The molecule has 1 aliphatic rings. The minimum atomic E-state index is -1.17. The molecule has 5 heterocycles. The van der Waals surface area contributed by atoms with Gasteiger partial charge in [-0.05, 0) is 49.2 Å². The highest BCUT2D eigenvalue weighted by Gasteiger charge is 2.21. The van der Waals surface area contributed by atoms with E-state index in [1.165, 1.54) is 0 Å². The molecule has 1 atom stereocenters. The van der Waals surface area contributed by atoms with Crippen LogP contribution in [-0.2, 0) is 11.5 Å². The molecule has 0 spiro atoms. The lowest BCUT2D eigenvalue weighted by molar-refractivity contribution is 0.0818. The molecule has 4 aromatic rings. The van der Waals surface area contributed by atoms with Crippen molar-refractivity contribution in [2.75, 3.05) is 24.6 Å². The molecule has 4 aromatic heterocycles. The third-order valence-corrected chi connectivity index (χ3v) is 8.21. The first-order valence-electron chi connectivity index (χ1n) is 12.6. The van der Waals surface area contributed by atoms with Crippen LogP contribution in [0.3, 0.4) is 0 Å². The lowest BCUT2D eigenvalue weighted by Gasteiger charge is -2.31. The number of β-amino-alcohol motifs (C(OH)–C–C–N with tert-alkyl or cyclic N) is 1. The molecule has 5 rings (SSSR count). The topological polar surface area (TPSA) is 89.2 Å². The highest BCUT2D eigenvalue weighted by Crippen LogP contribution is 2.31. The summed E-state index contributed by atoms with van der Waals surface area (Å²) < 4.78 is 7.92. The number of hydrogen-bond acceptors (Lipinski definition) is 7. The van der Waals surface area contributed by atoms with E-state index in [0.717, 1.165) is 71.4 Å². The molecule has 1 aliphatic heterocycles. The highest BCUT2D eigenvalue weighted by molar-refractivity contribution is 6.76. The first-order chi connectivity index (χ1) is 17.4. The predicted molar refractivity (Wildman–Crippen MR) is 146 cm³/mol. The van der Waals surface area contributed by atoms with Gasteiger partial charge in [0, 0.05) is 51.1 Å². The van der Waals surface area contributed by atoms with Crippen molar-refractivity contribution < 1.29 is 9.84 Å². The minimum Gasteiger partial charge on any atom is -0.391 e. The zero-order valence-corrected chi connectivity index (χ0v) is 22.3. The predicted octanol–water partition coefficient (Wildman–Crippen LogP) is 4.83. The lowest BCUT2D eigenvalue weighted by Crippen LogP contribution is -2.38. The summed E-state index contributed by atoms with van der Waals surface area (Å²) in [6.45, 7) is 9.63. The van der Waals surface area contributed by atoms with Crippen LogP contribution in [0.25, 0.3) is 33.5 Å². The second-order valence-electron chi connectivity index (χ2n) is 10.6. The maximum atomic E-state index is 10.2. The van der Waals surface area contributed by atoms with Crippen molar-refractivity contribution in [1.82, 2.24) is 24.7 Å². The number of rotatable bonds is 8. The summed E-state index contributed by atoms with van der Waals surface area (Å²) in [6.07, 6.45) is 6.92. The SMILES string of the molecule is C[Si](C)(C)CCOCn1nc(-c2cccc(N3CCC[C@@H](O)C3)n2)c2cc(-c3cccnc3)ncc21. The first-order valence-corrected chi connectivity index (χ1v) is 16.3. The van der Waals surface area contributed by atoms with Crippen LogP contribution in [0.1, 0.15) is 12.8 Å². The Morgan fingerprint density at radius 3 is 2.78 bits per heavy atom. The van der Waals surface area contributed by atoms with Crippen LogP contribution in [-0.4, -0.2) is 63.7 Å². The highest BCUT2D eigenvalue weighted by atomic mass is 28.3. The number of nitrogens with zero attached hydrogens (tertiary/aromatic N) is 6. The van der Waals surface area contributed by atoms with Crippen LogP contribution in [0.4, 0.5) is 5.82 Å². The molecule has 0 aromatic carbocycles. The average molecular weight is 503 g/mol. The fourth-order valence-corrected chi connectivity index (χ4v) is 5.21. The Morgan fingerprint density at radius 2 is 2.00 bits per heavy atom. The van der Waals surface area contributed by atoms with Gasteiger partial charge in [-0.2, -0.15) is 5.10 Å². The zero-order valence-electron chi connectivity index (χ0n) is 21.3. The summed E-state index contributed by atoms with van der Waals surface area (Å²) in [7, 11) is -1.17. The fraction of sp³-hybridized carbons (Fsp3) is 0.407. The minimum absolute atomic E-state index is 0.314. The number of fused-ring (bicyclic) bond motifs is 1. The van der Waals surface area contributed by atoms with Crippen LogP contribution in [0.2, 0.25) is 25.7 Å². The number of hydrogen-bond donors (Lipinski definition) is 1. The van der Waals surface area contributed by atoms with E-state index < -0.39 is 8.07 Å². The van der Waals surface area contributed by atoms with Crippen molar-refractivity contribution in [1.29, 1.82) is 0 Å². The average Bonchev–Trinajstić information content (AvgIpc) is 3.24. The maximum absolute atomic E-state index is 10.2. The van der Waals surface area contributed by atoms with Gasteiger partial charge in [0.05, 0.1) is 29.2 Å². The van der Waals surface area contributed by atoms with Crippen molar-refractivity contribution in [2.24, 2.45) is 0 Å². The van der Waals surface area contributed by atoms with Gasteiger partial charge in [-0.25, -0.2) is 9.67 Å². The van der Waals surface area contributed by atoms with Crippen molar-refractivity contribution in [3.8, 4) is 22.6 Å². The van der Waals surface area contributed by atoms with Crippen LogP contribution in [0.5, 0.6) is 0 Å². The Balaban J connectivity index is 1.52. The molecule has 36 heavy (non-hydrogen) atoms. The van der Waals surface area contributed by atoms with Crippen LogP contribution < -0.4 is 4.90 Å². The molecule has 0 aliphatic carbocycles. The molecule has 8 nitrogen and oxygen atoms in total. The summed E-state index contributed by atoms with van der Waals surface area (Å²) in [5.41, 5.74) is 4.29. The number of ether oxygens (including phenoxy) is 1. The van der Waals surface area contributed by atoms with Crippen LogP contribution in [0.15, 0.2) is 55.0 Å². The second kappa shape index (κ2) is 10.5. The molecule has 0 unspecified atom stereocenters. The standard InChI is InChI=1S/C27H34N6O2Si/c1-36(2,3)14-13-35-19-33-25-17-29-24(20-7-5-11-28-16-20)15-22(25)27(31-33)23-9-4-10-26(30-23)32-12-6-8-21(34)18-32/h4-5,7,9-11,15-17,21,34H,6,8,12-14,18-19H2,1-3H3/t21-/m1/s1. The van der Waals surface area contributed by atoms with Crippen LogP contribution >= 0.6 is 0 Å². The normalized spacial score (nSPS) is 16.6. The number of anilines is 1. The summed E-state index contributed by atoms with van der Waals surface area (Å²) in [4.78, 5) is 16.1. The van der Waals surface area contributed by atoms with E-state index in [-0.39, 0.29) is 6.10 Å². The Kier molecular flexibility index (Phi) is 7.13. The quantitative estimate of drug-likeness (QED) is 0.273. The fourth-order valence-electron chi connectivity index (χ4n) is 4.46. The Bertz CT molecular complexity index is 1320. The smallest absolute Gasteiger partial charge is 0.140 e. The molecule has 0 radical (unpaired) electrons. The molecular formula is C27H34N6O2Si. The van der Waals surface area contributed by atoms with Crippen molar-refractivity contribution in [3.05, 3.63) is 55.0 Å². The molecular weight excluding hydrogens is 468 g/mol. The molecule has 0 bridgehead atoms. The van der Waals surface area contributed by atoms with E-state index >= 15 is 0 Å². The van der Waals surface area contributed by atoms with Crippen molar-refractivity contribution in [3.63, 3.8) is 0 Å². The number of pyridine rings is 3. The second-order valence-corrected chi connectivity index (χ2v) is 16.3. The van der Waals surface area contributed by atoms with Gasteiger partial charge in [0.2, 0.25) is 0 Å². The summed E-state index contributed by atoms with van der Waals surface area (Å²) >= 11 is 0. The zero-order chi connectivity index (χ0) is 25.1. The molecule has 0 saturated carbocycles. The Hall–Kier alpha value is -3.14. The Morgan fingerprint density at radius 1 is 1.11 bits per heavy atom. The van der Waals surface area contributed by atoms with Gasteiger partial charge in [0.25, 0.3) is 0 Å². The number of aliphatic hydroxyl groups excluding tert-OH is 1. The maximum Gasteiger partial charge on any atom is 0.140 e. The molecule has 0 amide bonds. The summed E-state index contributed by atoms with van der Waals surface area (Å²) in [6, 6.07) is 13.1. The first kappa shape index (κ1) is 24.5. The van der Waals surface area contributed by atoms with Gasteiger partial charge in [-0.3, -0.25) is 9.97 Å². The monoisotopic (exact) mass is 502 g/mol. The van der Waals surface area contributed by atoms with E-state index in [4.69, 9.17) is 19.8 Å². The largest absolute Gasteiger partial charge is 0.391 e. The van der Waals surface area contributed by atoms with E-state index in [9.17, 15) is 5.11 Å². The number of aromatic nitrogens is 5. The lowest BCUT2D eigenvalue weighted by atomic mass is 10.1. The Labute approximate surface area is 213 Å². The van der Waals surface area contributed by atoms with Gasteiger partial charge in [0.1, 0.15) is 18.2 Å². The van der Waals surface area contributed by atoms with E-state index in [0.29, 0.717) is 13.3 Å². The van der Waals surface area contributed by atoms with Gasteiger partial charge in [0.15, 0.2) is 0 Å². The van der Waals surface area contributed by atoms with E-state index in [1.807, 2.05) is 47.4 Å². The van der Waals surface area contributed by atoms with E-state index in [1.54, 1.807) is 6.20 Å². The van der Waals surface area contributed by atoms with Crippen molar-refractivity contribution in [2.45, 2.75) is 51.4 Å². The molecule has 1 saturated heterocycles. The molecule has 9 heteroatoms. The van der Waals surface area contributed by atoms with Crippen molar-refractivity contribution >= 4 is 24.8 Å². The molecule has 1 N–H and O–H groups in total. The van der Waals surface area contributed by atoms with Gasteiger partial charge in [-0.1, -0.05) is 25.7 Å². The molecule has 188 valence electrons. The number of aliphatic hydroxyl groups is 1. The van der Waals surface area contributed by atoms with Crippen LogP contribution in [0, 0.1) is 0 Å². The summed E-state index contributed by atoms with van der Waals surface area (Å²) in [5.74, 6) is 0.863. The summed E-state index contributed by atoms with van der Waals surface area (Å²) in [5, 5.41) is 16.1. The number of piperidine rings is 1. The third-order valence-electron chi connectivity index (χ3n) is 6.50. The third kappa shape index (κ3) is 5.64. The van der Waals surface area contributed by atoms with Gasteiger partial charge < -0.3 is 14.7 Å². The van der Waals surface area contributed by atoms with Gasteiger partial charge in [-0.15, -0.1) is 0 Å². The van der Waals surface area contributed by atoms with E-state index in [2.05, 4.69) is 35.6 Å².